The maximum atomic E-state index is 11.3. The minimum absolute atomic E-state index is 0.212. The number of hydrogen-bond acceptors (Lipinski definition) is 3. The molecule has 17 heavy (non-hydrogen) atoms. The van der Waals surface area contributed by atoms with E-state index < -0.39 is 5.97 Å². The molecule has 0 heterocycles. The van der Waals surface area contributed by atoms with Crippen LogP contribution in [-0.2, 0) is 4.79 Å². The molecule has 0 amide bonds. The van der Waals surface area contributed by atoms with E-state index in [2.05, 4.69) is 6.58 Å². The fraction of sp³-hybridized carbons (Fsp3) is 0.0714. The number of carbonyl (C=O) groups excluding carboxylic acids is 1. The van der Waals surface area contributed by atoms with Crippen LogP contribution in [-0.4, -0.2) is 11.1 Å². The van der Waals surface area contributed by atoms with Gasteiger partial charge in [-0.2, -0.15) is 0 Å². The number of benzene rings is 2. The molecule has 3 nitrogen and oxygen atoms in total. The number of aromatic hydroxyl groups is 1. The van der Waals surface area contributed by atoms with Crippen molar-refractivity contribution in [1.29, 1.82) is 0 Å². The predicted molar refractivity (Wildman–Crippen MR) is 66.1 cm³/mol. The highest BCUT2D eigenvalue weighted by Gasteiger charge is 2.05. The van der Waals surface area contributed by atoms with Gasteiger partial charge in [0.25, 0.3) is 0 Å². The molecule has 0 fully saturated rings. The number of phenols is 1. The Morgan fingerprint density at radius 3 is 2.53 bits per heavy atom. The molecule has 3 heteroatoms. The maximum Gasteiger partial charge on any atom is 0.338 e. The van der Waals surface area contributed by atoms with Crippen LogP contribution in [0.2, 0.25) is 0 Å². The zero-order valence-electron chi connectivity index (χ0n) is 9.43. The molecule has 86 valence electrons. The Morgan fingerprint density at radius 2 is 1.82 bits per heavy atom. The first-order valence-corrected chi connectivity index (χ1v) is 5.17. The highest BCUT2D eigenvalue weighted by Crippen LogP contribution is 2.24. The zero-order chi connectivity index (χ0) is 12.4. The second-order valence-electron chi connectivity index (χ2n) is 3.86. The molecule has 0 saturated heterocycles. The summed E-state index contributed by atoms with van der Waals surface area (Å²) in [5.41, 5.74) is 0.357. The molecular weight excluding hydrogens is 216 g/mol. The first-order chi connectivity index (χ1) is 8.06. The average molecular weight is 228 g/mol. The van der Waals surface area contributed by atoms with E-state index >= 15 is 0 Å². The number of hydrogen-bond donors (Lipinski definition) is 1. The lowest BCUT2D eigenvalue weighted by Gasteiger charge is -2.05. The van der Waals surface area contributed by atoms with Gasteiger partial charge in [0.2, 0.25) is 0 Å². The van der Waals surface area contributed by atoms with Crippen LogP contribution in [0.1, 0.15) is 6.92 Å². The third-order valence-electron chi connectivity index (χ3n) is 2.35. The summed E-state index contributed by atoms with van der Waals surface area (Å²) in [7, 11) is 0. The van der Waals surface area contributed by atoms with Crippen molar-refractivity contribution < 1.29 is 14.6 Å². The fourth-order valence-corrected chi connectivity index (χ4v) is 1.47. The van der Waals surface area contributed by atoms with Crippen LogP contribution in [0.3, 0.4) is 0 Å². The standard InChI is InChI=1S/C14H12O3/c1-9(2)14(16)17-13-6-4-10-7-12(15)5-3-11(10)8-13/h3-8,15H,1H2,2H3. The van der Waals surface area contributed by atoms with Gasteiger partial charge < -0.3 is 9.84 Å². The summed E-state index contributed by atoms with van der Waals surface area (Å²) in [6.45, 7) is 5.12. The predicted octanol–water partition coefficient (Wildman–Crippen LogP) is 3.03. The summed E-state index contributed by atoms with van der Waals surface area (Å²) in [6.07, 6.45) is 0. The van der Waals surface area contributed by atoms with Crippen LogP contribution in [0, 0.1) is 0 Å². The highest BCUT2D eigenvalue weighted by molar-refractivity contribution is 5.90. The lowest BCUT2D eigenvalue weighted by atomic mass is 10.1. The molecule has 2 aromatic carbocycles. The molecular formula is C14H12O3. The number of carbonyl (C=O) groups is 1. The third kappa shape index (κ3) is 2.45. The number of ether oxygens (including phenoxy) is 1. The van der Waals surface area contributed by atoms with E-state index in [0.717, 1.165) is 10.8 Å². The number of phenolic OH excluding ortho intramolecular Hbond substituents is 1. The average Bonchev–Trinajstić information content (AvgIpc) is 2.29. The van der Waals surface area contributed by atoms with Crippen molar-refractivity contribution in [3.8, 4) is 11.5 Å². The van der Waals surface area contributed by atoms with E-state index in [9.17, 15) is 9.90 Å². The monoisotopic (exact) mass is 228 g/mol. The molecule has 1 N–H and O–H groups in total. The minimum Gasteiger partial charge on any atom is -0.508 e. The Morgan fingerprint density at radius 1 is 1.18 bits per heavy atom. The van der Waals surface area contributed by atoms with Crippen molar-refractivity contribution in [2.24, 2.45) is 0 Å². The van der Waals surface area contributed by atoms with Gasteiger partial charge in [0.05, 0.1) is 0 Å². The largest absolute Gasteiger partial charge is 0.508 e. The molecule has 0 aliphatic heterocycles. The van der Waals surface area contributed by atoms with E-state index in [-0.39, 0.29) is 5.75 Å². The van der Waals surface area contributed by atoms with Crippen molar-refractivity contribution in [1.82, 2.24) is 0 Å². The normalized spacial score (nSPS) is 10.2. The van der Waals surface area contributed by atoms with Crippen molar-refractivity contribution in [3.05, 3.63) is 48.6 Å². The van der Waals surface area contributed by atoms with Gasteiger partial charge in [-0.1, -0.05) is 18.7 Å². The highest BCUT2D eigenvalue weighted by atomic mass is 16.5. The van der Waals surface area contributed by atoms with Crippen LogP contribution in [0.4, 0.5) is 0 Å². The van der Waals surface area contributed by atoms with E-state index in [1.807, 2.05) is 0 Å². The van der Waals surface area contributed by atoms with Crippen molar-refractivity contribution in [3.63, 3.8) is 0 Å². The molecule has 0 aliphatic carbocycles. The summed E-state index contributed by atoms with van der Waals surface area (Å²) in [4.78, 5) is 11.3. The van der Waals surface area contributed by atoms with E-state index in [1.54, 1.807) is 43.3 Å². The molecule has 0 aliphatic rings. The molecule has 2 aromatic rings. The molecule has 0 bridgehead atoms. The summed E-state index contributed by atoms with van der Waals surface area (Å²) in [6, 6.07) is 10.2. The van der Waals surface area contributed by atoms with E-state index in [1.165, 1.54) is 0 Å². The van der Waals surface area contributed by atoms with Crippen molar-refractivity contribution in [2.45, 2.75) is 6.92 Å². The van der Waals surface area contributed by atoms with Gasteiger partial charge in [-0.25, -0.2) is 4.79 Å². The molecule has 0 spiro atoms. The molecule has 0 saturated carbocycles. The Balaban J connectivity index is 2.35. The SMILES string of the molecule is C=C(C)C(=O)Oc1ccc2cc(O)ccc2c1. The van der Waals surface area contributed by atoms with Crippen LogP contribution in [0.25, 0.3) is 10.8 Å². The van der Waals surface area contributed by atoms with Gasteiger partial charge in [0.1, 0.15) is 11.5 Å². The Bertz CT molecular complexity index is 599. The second kappa shape index (κ2) is 4.29. The smallest absolute Gasteiger partial charge is 0.338 e. The van der Waals surface area contributed by atoms with E-state index in [0.29, 0.717) is 11.3 Å². The van der Waals surface area contributed by atoms with Gasteiger partial charge >= 0.3 is 5.97 Å². The second-order valence-corrected chi connectivity index (χ2v) is 3.86. The maximum absolute atomic E-state index is 11.3. The third-order valence-corrected chi connectivity index (χ3v) is 2.35. The Kier molecular flexibility index (Phi) is 2.83. The molecule has 2 rings (SSSR count). The summed E-state index contributed by atoms with van der Waals surface area (Å²) in [5, 5.41) is 11.1. The first kappa shape index (κ1) is 11.2. The van der Waals surface area contributed by atoms with Crippen molar-refractivity contribution in [2.75, 3.05) is 0 Å². The summed E-state index contributed by atoms with van der Waals surface area (Å²) in [5.74, 6) is 0.239. The fourth-order valence-electron chi connectivity index (χ4n) is 1.47. The topological polar surface area (TPSA) is 46.5 Å². The van der Waals surface area contributed by atoms with Crippen LogP contribution >= 0.6 is 0 Å². The molecule has 0 radical (unpaired) electrons. The molecule has 0 atom stereocenters. The number of fused-ring (bicyclic) bond motifs is 1. The van der Waals surface area contributed by atoms with Gasteiger partial charge in [-0.05, 0) is 42.0 Å². The van der Waals surface area contributed by atoms with Gasteiger partial charge in [-0.3, -0.25) is 0 Å². The summed E-state index contributed by atoms with van der Waals surface area (Å²) < 4.78 is 5.11. The van der Waals surface area contributed by atoms with Crippen molar-refractivity contribution >= 4 is 16.7 Å². The summed E-state index contributed by atoms with van der Waals surface area (Å²) >= 11 is 0. The molecule has 0 unspecified atom stereocenters. The number of rotatable bonds is 2. The number of esters is 1. The van der Waals surface area contributed by atoms with Gasteiger partial charge in [-0.15, -0.1) is 0 Å². The quantitative estimate of drug-likeness (QED) is 0.488. The minimum atomic E-state index is -0.442. The Hall–Kier alpha value is -2.29. The van der Waals surface area contributed by atoms with Crippen LogP contribution in [0.5, 0.6) is 11.5 Å². The lowest BCUT2D eigenvalue weighted by Crippen LogP contribution is -2.07. The first-order valence-electron chi connectivity index (χ1n) is 5.17. The van der Waals surface area contributed by atoms with Gasteiger partial charge in [0.15, 0.2) is 0 Å². The van der Waals surface area contributed by atoms with E-state index in [4.69, 9.17) is 4.74 Å². The van der Waals surface area contributed by atoms with Crippen LogP contribution < -0.4 is 4.74 Å². The Labute approximate surface area is 99.0 Å². The van der Waals surface area contributed by atoms with Gasteiger partial charge in [0, 0.05) is 5.57 Å². The zero-order valence-corrected chi connectivity index (χ0v) is 9.43. The van der Waals surface area contributed by atoms with Crippen LogP contribution in [0.15, 0.2) is 48.6 Å². The lowest BCUT2D eigenvalue weighted by molar-refractivity contribution is -0.130. The molecule has 0 aromatic heterocycles.